The van der Waals surface area contributed by atoms with Crippen LogP contribution in [0.4, 0.5) is 18.9 Å². The number of halogens is 4. The van der Waals surface area contributed by atoms with Gasteiger partial charge in [-0.25, -0.2) is 9.97 Å². The zero-order valence-electron chi connectivity index (χ0n) is 21.0. The van der Waals surface area contributed by atoms with Gasteiger partial charge in [0.05, 0.1) is 29.7 Å². The van der Waals surface area contributed by atoms with Crippen molar-refractivity contribution in [2.24, 2.45) is 5.92 Å². The van der Waals surface area contributed by atoms with Crippen LogP contribution < -0.4 is 21.3 Å². The molecule has 1 saturated heterocycles. The number of ketones is 1. The average Bonchev–Trinajstić information content (AvgIpc) is 3.65. The number of amides is 4. The second-order valence-corrected chi connectivity index (χ2v) is 10.1. The molecule has 0 radical (unpaired) electrons. The Balaban J connectivity index is 1.54. The van der Waals surface area contributed by atoms with E-state index in [4.69, 9.17) is 11.6 Å². The number of carbonyl (C=O) groups excluding carboxylic acids is 5. The van der Waals surface area contributed by atoms with Gasteiger partial charge in [0.2, 0.25) is 11.7 Å². The highest BCUT2D eigenvalue weighted by atomic mass is 35.5. The lowest BCUT2D eigenvalue weighted by atomic mass is 9.93. The number of hydrogen-bond acceptors (Lipinski definition) is 7. The van der Waals surface area contributed by atoms with E-state index in [1.54, 1.807) is 6.92 Å². The first-order valence-corrected chi connectivity index (χ1v) is 12.7. The number of rotatable bonds is 9. The standard InChI is InChI=1S/C25H24ClF3N6O5/c1-11-6-12(21(37)32-11)7-17(20(36)24(40)33-14-3-4-14)35-22(38)15-8-13(26)2-5-16(15)34-23(39)18-9-31-19(10-30-18)25(27,28)29/h2,5,8-12,14,17H,3-4,6-7H2,1H3,(H,32,37)(H,33,40)(H,34,39)(H,35,38)/t11-,12+,17+/m1/s1. The number of alkyl halides is 3. The topological polar surface area (TPSA) is 159 Å². The van der Waals surface area contributed by atoms with Crippen molar-refractivity contribution in [1.29, 1.82) is 0 Å². The van der Waals surface area contributed by atoms with Crippen molar-refractivity contribution in [3.8, 4) is 0 Å². The minimum Gasteiger partial charge on any atom is -0.353 e. The van der Waals surface area contributed by atoms with Crippen molar-refractivity contribution >= 4 is 46.7 Å². The van der Waals surface area contributed by atoms with Crippen molar-refractivity contribution in [1.82, 2.24) is 25.9 Å². The van der Waals surface area contributed by atoms with Gasteiger partial charge in [0.1, 0.15) is 5.69 Å². The molecule has 4 N–H and O–H groups in total. The smallest absolute Gasteiger partial charge is 0.353 e. The summed E-state index contributed by atoms with van der Waals surface area (Å²) >= 11 is 6.06. The van der Waals surface area contributed by atoms with Crippen LogP contribution in [-0.4, -0.2) is 57.5 Å². The monoisotopic (exact) mass is 580 g/mol. The second-order valence-electron chi connectivity index (χ2n) is 9.64. The minimum atomic E-state index is -4.75. The first kappa shape index (κ1) is 28.9. The Morgan fingerprint density at radius 3 is 2.42 bits per heavy atom. The fraction of sp³-hybridized carbons (Fsp3) is 0.400. The van der Waals surface area contributed by atoms with Crippen molar-refractivity contribution in [2.75, 3.05) is 5.32 Å². The summed E-state index contributed by atoms with van der Waals surface area (Å²) in [5.41, 5.74) is -2.05. The summed E-state index contributed by atoms with van der Waals surface area (Å²) in [6, 6.07) is 2.19. The number of carbonyl (C=O) groups is 5. The molecule has 0 unspecified atom stereocenters. The van der Waals surface area contributed by atoms with Gasteiger partial charge in [0, 0.05) is 23.0 Å². The van der Waals surface area contributed by atoms with E-state index in [9.17, 15) is 37.1 Å². The zero-order valence-corrected chi connectivity index (χ0v) is 21.7. The number of nitrogens with zero attached hydrogens (tertiary/aromatic N) is 2. The summed E-state index contributed by atoms with van der Waals surface area (Å²) in [7, 11) is 0. The predicted molar refractivity (Wildman–Crippen MR) is 134 cm³/mol. The molecular formula is C25H24ClF3N6O5. The van der Waals surface area contributed by atoms with E-state index in [1.807, 2.05) is 0 Å². The molecule has 212 valence electrons. The van der Waals surface area contributed by atoms with E-state index in [-0.39, 0.29) is 40.7 Å². The summed E-state index contributed by atoms with van der Waals surface area (Å²) in [6.07, 6.45) is -2.00. The molecule has 2 aliphatic rings. The highest BCUT2D eigenvalue weighted by molar-refractivity contribution is 6.38. The third-order valence-electron chi connectivity index (χ3n) is 6.33. The summed E-state index contributed by atoms with van der Waals surface area (Å²) in [4.78, 5) is 70.5. The molecule has 4 rings (SSSR count). The Morgan fingerprint density at radius 2 is 1.85 bits per heavy atom. The van der Waals surface area contributed by atoms with Crippen molar-refractivity contribution < 1.29 is 37.1 Å². The largest absolute Gasteiger partial charge is 0.434 e. The van der Waals surface area contributed by atoms with Gasteiger partial charge >= 0.3 is 6.18 Å². The maximum atomic E-state index is 13.3. The number of nitrogens with one attached hydrogen (secondary N) is 4. The molecule has 2 aromatic rings. The molecule has 2 fully saturated rings. The number of Topliss-reactive ketones (excluding diaryl/α,β-unsaturated/α-hetero) is 1. The van der Waals surface area contributed by atoms with Crippen LogP contribution in [0.1, 0.15) is 59.1 Å². The van der Waals surface area contributed by atoms with E-state index in [1.165, 1.54) is 18.2 Å². The first-order chi connectivity index (χ1) is 18.8. The van der Waals surface area contributed by atoms with Crippen LogP contribution in [0.3, 0.4) is 0 Å². The lowest BCUT2D eigenvalue weighted by Crippen LogP contribution is -2.49. The van der Waals surface area contributed by atoms with Gasteiger partial charge in [-0.05, 0) is 50.8 Å². The van der Waals surface area contributed by atoms with Gasteiger partial charge in [-0.2, -0.15) is 13.2 Å². The van der Waals surface area contributed by atoms with Crippen LogP contribution >= 0.6 is 11.6 Å². The Hall–Kier alpha value is -4.07. The third-order valence-corrected chi connectivity index (χ3v) is 6.56. The Kier molecular flexibility index (Phi) is 8.37. The van der Waals surface area contributed by atoms with Gasteiger partial charge in [0.15, 0.2) is 5.69 Å². The molecule has 1 aliphatic heterocycles. The quantitative estimate of drug-likeness (QED) is 0.331. The third kappa shape index (κ3) is 7.11. The van der Waals surface area contributed by atoms with E-state index in [2.05, 4.69) is 31.2 Å². The molecule has 15 heteroatoms. The summed E-state index contributed by atoms with van der Waals surface area (Å²) in [5, 5.41) is 10.2. The van der Waals surface area contributed by atoms with Crippen molar-refractivity contribution in [3.63, 3.8) is 0 Å². The van der Waals surface area contributed by atoms with Gasteiger partial charge in [-0.15, -0.1) is 0 Å². The maximum Gasteiger partial charge on any atom is 0.434 e. The van der Waals surface area contributed by atoms with Gasteiger partial charge in [0.25, 0.3) is 17.7 Å². The highest BCUT2D eigenvalue weighted by Gasteiger charge is 2.38. The van der Waals surface area contributed by atoms with Crippen LogP contribution in [0.15, 0.2) is 30.6 Å². The summed E-state index contributed by atoms with van der Waals surface area (Å²) < 4.78 is 38.3. The molecule has 1 aliphatic carbocycles. The van der Waals surface area contributed by atoms with Crippen molar-refractivity contribution in [2.45, 2.75) is 56.9 Å². The average molecular weight is 581 g/mol. The normalized spacial score (nSPS) is 19.4. The van der Waals surface area contributed by atoms with Crippen LogP contribution in [0, 0.1) is 5.92 Å². The minimum absolute atomic E-state index is 0.0934. The molecule has 1 saturated carbocycles. The molecule has 4 amide bonds. The molecule has 3 atom stereocenters. The van der Waals surface area contributed by atoms with Crippen LogP contribution in [0.2, 0.25) is 5.02 Å². The van der Waals surface area contributed by atoms with Gasteiger partial charge < -0.3 is 21.3 Å². The first-order valence-electron chi connectivity index (χ1n) is 12.3. The van der Waals surface area contributed by atoms with Crippen LogP contribution in [0.25, 0.3) is 0 Å². The fourth-order valence-electron chi connectivity index (χ4n) is 4.14. The predicted octanol–water partition coefficient (Wildman–Crippen LogP) is 2.26. The number of aromatic nitrogens is 2. The summed E-state index contributed by atoms with van der Waals surface area (Å²) in [6.45, 7) is 1.79. The fourth-order valence-corrected chi connectivity index (χ4v) is 4.31. The lowest BCUT2D eigenvalue weighted by molar-refractivity contribution is -0.141. The molecule has 40 heavy (non-hydrogen) atoms. The number of hydrogen-bond donors (Lipinski definition) is 4. The van der Waals surface area contributed by atoms with E-state index in [0.717, 1.165) is 12.8 Å². The Labute approximate surface area is 230 Å². The van der Waals surface area contributed by atoms with Gasteiger partial charge in [-0.3, -0.25) is 24.0 Å². The molecule has 2 heterocycles. The zero-order chi connectivity index (χ0) is 29.2. The molecular weight excluding hydrogens is 557 g/mol. The molecule has 1 aromatic heterocycles. The molecule has 11 nitrogen and oxygen atoms in total. The molecule has 0 spiro atoms. The van der Waals surface area contributed by atoms with E-state index < -0.39 is 53.0 Å². The second kappa shape index (κ2) is 11.6. The van der Waals surface area contributed by atoms with Crippen LogP contribution in [-0.2, 0) is 20.6 Å². The lowest BCUT2D eigenvalue weighted by Gasteiger charge is -2.21. The SMILES string of the molecule is C[C@@H]1C[C@@H](C[C@H](NC(=O)c2cc(Cl)ccc2NC(=O)c2cnc(C(F)(F)F)cn2)C(=O)C(=O)NC2CC2)C(=O)N1. The van der Waals surface area contributed by atoms with E-state index >= 15 is 0 Å². The molecule has 1 aromatic carbocycles. The van der Waals surface area contributed by atoms with E-state index in [0.29, 0.717) is 18.8 Å². The Bertz CT molecular complexity index is 1350. The van der Waals surface area contributed by atoms with Gasteiger partial charge in [-0.1, -0.05) is 11.6 Å². The maximum absolute atomic E-state index is 13.3. The number of anilines is 1. The molecule has 0 bridgehead atoms. The van der Waals surface area contributed by atoms with Crippen molar-refractivity contribution in [3.05, 3.63) is 52.6 Å². The Morgan fingerprint density at radius 1 is 1.12 bits per heavy atom. The number of benzene rings is 1. The summed E-state index contributed by atoms with van der Waals surface area (Å²) in [5.74, 6) is -4.61. The van der Waals surface area contributed by atoms with Crippen LogP contribution in [0.5, 0.6) is 0 Å². The highest BCUT2D eigenvalue weighted by Crippen LogP contribution is 2.27.